The number of benzene rings is 1. The molecule has 1 saturated heterocycles. The first kappa shape index (κ1) is 21.3. The number of rotatable bonds is 5. The highest BCUT2D eigenvalue weighted by molar-refractivity contribution is 7.90. The normalized spacial score (nSPS) is 18.3. The van der Waals surface area contributed by atoms with Gasteiger partial charge in [0.25, 0.3) is 0 Å². The third kappa shape index (κ3) is 4.80. The van der Waals surface area contributed by atoms with Gasteiger partial charge in [0.2, 0.25) is 15.9 Å². The van der Waals surface area contributed by atoms with Crippen LogP contribution in [0.1, 0.15) is 31.4 Å². The molecule has 1 N–H and O–H groups in total. The van der Waals surface area contributed by atoms with Crippen molar-refractivity contribution in [1.29, 1.82) is 0 Å². The molecule has 1 aromatic carbocycles. The summed E-state index contributed by atoms with van der Waals surface area (Å²) >= 11 is 0. The summed E-state index contributed by atoms with van der Waals surface area (Å²) in [6, 6.07) is 5.94. The van der Waals surface area contributed by atoms with E-state index in [1.165, 1.54) is 48.0 Å². The van der Waals surface area contributed by atoms with Gasteiger partial charge in [0.15, 0.2) is 9.84 Å². The number of hydrogen-bond acceptors (Lipinski definition) is 7. The summed E-state index contributed by atoms with van der Waals surface area (Å²) in [6.45, 7) is 1.84. The molecule has 0 saturated carbocycles. The van der Waals surface area contributed by atoms with E-state index < -0.39 is 19.9 Å². The fourth-order valence-corrected chi connectivity index (χ4v) is 5.74. The summed E-state index contributed by atoms with van der Waals surface area (Å²) in [5, 5.41) is 2.59. The van der Waals surface area contributed by atoms with Gasteiger partial charge < -0.3 is 5.32 Å². The van der Waals surface area contributed by atoms with E-state index in [1.807, 2.05) is 0 Å². The van der Waals surface area contributed by atoms with Gasteiger partial charge in [-0.05, 0) is 37.1 Å². The summed E-state index contributed by atoms with van der Waals surface area (Å²) in [5.41, 5.74) is 0.857. The van der Waals surface area contributed by atoms with Gasteiger partial charge in [-0.1, -0.05) is 0 Å². The van der Waals surface area contributed by atoms with Crippen molar-refractivity contribution < 1.29 is 21.6 Å². The number of aromatic nitrogens is 2. The number of amides is 1. The number of sulfonamides is 1. The molecular weight excluding hydrogens is 416 g/mol. The lowest BCUT2D eigenvalue weighted by Gasteiger charge is -2.32. The number of piperidine rings is 1. The van der Waals surface area contributed by atoms with Crippen LogP contribution in [-0.2, 0) is 24.7 Å². The summed E-state index contributed by atoms with van der Waals surface area (Å²) in [5.74, 6) is -0.587. The Kier molecular flexibility index (Phi) is 6.01. The van der Waals surface area contributed by atoms with E-state index in [9.17, 15) is 21.6 Å². The molecule has 0 unspecified atom stereocenters. The van der Waals surface area contributed by atoms with Crippen molar-refractivity contribution in [1.82, 2.24) is 14.3 Å². The van der Waals surface area contributed by atoms with E-state index in [0.717, 1.165) is 6.26 Å². The summed E-state index contributed by atoms with van der Waals surface area (Å²) in [6.07, 6.45) is 4.83. The maximum Gasteiger partial charge on any atom is 0.243 e. The smallest absolute Gasteiger partial charge is 0.243 e. The molecule has 0 spiro atoms. The monoisotopic (exact) mass is 438 g/mol. The molecule has 2 aromatic rings. The van der Waals surface area contributed by atoms with Crippen molar-refractivity contribution in [3.63, 3.8) is 0 Å². The Balaban J connectivity index is 1.86. The highest BCUT2D eigenvalue weighted by Crippen LogP contribution is 2.32. The van der Waals surface area contributed by atoms with Gasteiger partial charge in [0, 0.05) is 44.1 Å². The number of nitrogens with one attached hydrogen (secondary N) is 1. The summed E-state index contributed by atoms with van der Waals surface area (Å²) < 4.78 is 51.6. The van der Waals surface area contributed by atoms with Crippen molar-refractivity contribution in [3.05, 3.63) is 42.5 Å². The molecule has 0 bridgehead atoms. The minimum absolute atomic E-state index is 0.0314. The first-order valence-corrected chi connectivity index (χ1v) is 12.3. The Labute approximate surface area is 170 Å². The van der Waals surface area contributed by atoms with E-state index in [-0.39, 0.29) is 28.2 Å². The van der Waals surface area contributed by atoms with Crippen LogP contribution < -0.4 is 5.32 Å². The second kappa shape index (κ2) is 8.17. The molecule has 9 nitrogen and oxygen atoms in total. The quantitative estimate of drug-likeness (QED) is 0.748. The van der Waals surface area contributed by atoms with E-state index in [2.05, 4.69) is 15.3 Å². The Hall–Kier alpha value is -2.37. The van der Waals surface area contributed by atoms with E-state index >= 15 is 0 Å². The highest BCUT2D eigenvalue weighted by atomic mass is 32.2. The Bertz CT molecular complexity index is 1120. The average Bonchev–Trinajstić information content (AvgIpc) is 2.67. The van der Waals surface area contributed by atoms with Crippen LogP contribution in [0.25, 0.3) is 0 Å². The molecule has 29 heavy (non-hydrogen) atoms. The summed E-state index contributed by atoms with van der Waals surface area (Å²) in [7, 11) is -7.30. The molecule has 2 heterocycles. The van der Waals surface area contributed by atoms with Crippen molar-refractivity contribution >= 4 is 31.5 Å². The number of nitrogens with zero attached hydrogens (tertiary/aromatic N) is 3. The predicted octanol–water partition coefficient (Wildman–Crippen LogP) is 1.41. The van der Waals surface area contributed by atoms with Crippen molar-refractivity contribution in [2.45, 2.75) is 35.5 Å². The van der Waals surface area contributed by atoms with Gasteiger partial charge in [0.05, 0.1) is 10.6 Å². The molecule has 1 fully saturated rings. The second-order valence-electron chi connectivity index (χ2n) is 6.95. The molecular formula is C18H22N4O5S2. The zero-order chi connectivity index (χ0) is 21.2. The van der Waals surface area contributed by atoms with E-state index in [0.29, 0.717) is 30.8 Å². The van der Waals surface area contributed by atoms with Crippen molar-refractivity contribution in [3.8, 4) is 0 Å². The molecule has 1 aromatic heterocycles. The topological polar surface area (TPSA) is 126 Å². The Morgan fingerprint density at radius 2 is 1.86 bits per heavy atom. The third-order valence-electron chi connectivity index (χ3n) is 4.69. The van der Waals surface area contributed by atoms with Gasteiger partial charge in [-0.2, -0.15) is 4.31 Å². The number of sulfone groups is 1. The van der Waals surface area contributed by atoms with Gasteiger partial charge in [-0.25, -0.2) is 26.8 Å². The standard InChI is InChI=1S/C18H22N4O5S2/c1-13(23)21-15-5-7-16(8-6-15)29(26,27)22-9-3-4-14(11-22)18-17(28(2,24)25)10-19-12-20-18/h5-8,10,12,14H,3-4,9,11H2,1-2H3,(H,21,23)/t14-/m0/s1. The lowest BCUT2D eigenvalue weighted by Crippen LogP contribution is -2.39. The largest absolute Gasteiger partial charge is 0.326 e. The highest BCUT2D eigenvalue weighted by Gasteiger charge is 2.33. The van der Waals surface area contributed by atoms with Crippen LogP contribution in [0.15, 0.2) is 46.6 Å². The third-order valence-corrected chi connectivity index (χ3v) is 7.68. The first-order chi connectivity index (χ1) is 13.6. The fraction of sp³-hybridized carbons (Fsp3) is 0.389. The van der Waals surface area contributed by atoms with Gasteiger partial charge >= 0.3 is 0 Å². The molecule has 156 valence electrons. The summed E-state index contributed by atoms with van der Waals surface area (Å²) in [4.78, 5) is 19.2. The Morgan fingerprint density at radius 3 is 2.48 bits per heavy atom. The number of hydrogen-bond donors (Lipinski definition) is 1. The molecule has 3 rings (SSSR count). The zero-order valence-electron chi connectivity index (χ0n) is 16.1. The van der Waals surface area contributed by atoms with Crippen LogP contribution in [0.3, 0.4) is 0 Å². The maximum atomic E-state index is 13.1. The molecule has 0 aliphatic carbocycles. The number of anilines is 1. The molecule has 1 aliphatic rings. The lowest BCUT2D eigenvalue weighted by atomic mass is 9.96. The average molecular weight is 439 g/mol. The van der Waals surface area contributed by atoms with Gasteiger partial charge in [-0.3, -0.25) is 4.79 Å². The fourth-order valence-electron chi connectivity index (χ4n) is 3.37. The minimum Gasteiger partial charge on any atom is -0.326 e. The van der Waals surface area contributed by atoms with Crippen LogP contribution in [0.2, 0.25) is 0 Å². The van der Waals surface area contributed by atoms with E-state index in [4.69, 9.17) is 0 Å². The molecule has 1 atom stereocenters. The van der Waals surface area contributed by atoms with E-state index in [1.54, 1.807) is 0 Å². The minimum atomic E-state index is -3.77. The number of carbonyl (C=O) groups is 1. The predicted molar refractivity (Wildman–Crippen MR) is 107 cm³/mol. The first-order valence-electron chi connectivity index (χ1n) is 8.97. The second-order valence-corrected chi connectivity index (χ2v) is 10.9. The van der Waals surface area contributed by atoms with Gasteiger partial charge in [0.1, 0.15) is 11.2 Å². The number of carbonyl (C=O) groups excluding carboxylic acids is 1. The molecule has 0 radical (unpaired) electrons. The van der Waals surface area contributed by atoms with Gasteiger partial charge in [-0.15, -0.1) is 0 Å². The van der Waals surface area contributed by atoms with Crippen LogP contribution >= 0.6 is 0 Å². The van der Waals surface area contributed by atoms with Crippen LogP contribution in [0.4, 0.5) is 5.69 Å². The van der Waals surface area contributed by atoms with Crippen molar-refractivity contribution in [2.24, 2.45) is 0 Å². The molecule has 1 aliphatic heterocycles. The van der Waals surface area contributed by atoms with Crippen molar-refractivity contribution in [2.75, 3.05) is 24.7 Å². The molecule has 1 amide bonds. The lowest BCUT2D eigenvalue weighted by molar-refractivity contribution is -0.114. The van der Waals surface area contributed by atoms with Crippen LogP contribution in [-0.4, -0.2) is 56.4 Å². The van der Waals surface area contributed by atoms with Crippen LogP contribution in [0.5, 0.6) is 0 Å². The molecule has 11 heteroatoms. The Morgan fingerprint density at radius 1 is 1.17 bits per heavy atom. The van der Waals surface area contributed by atoms with Crippen LogP contribution in [0, 0.1) is 0 Å². The zero-order valence-corrected chi connectivity index (χ0v) is 17.7. The SMILES string of the molecule is CC(=O)Nc1ccc(S(=O)(=O)N2CCC[C@H](c3ncncc3S(C)(=O)=O)C2)cc1. The maximum absolute atomic E-state index is 13.1.